The molecule has 2 saturated carbocycles. The van der Waals surface area contributed by atoms with Gasteiger partial charge in [-0.05, 0) is 25.2 Å². The maximum Gasteiger partial charge on any atom is 0.248 e. The van der Waals surface area contributed by atoms with E-state index in [1.165, 1.54) is 32.1 Å². The summed E-state index contributed by atoms with van der Waals surface area (Å²) in [5, 5.41) is 0. The maximum absolute atomic E-state index is 13.2. The van der Waals surface area contributed by atoms with Crippen LogP contribution >= 0.6 is 11.6 Å². The molecule has 0 N–H and O–H groups in total. The van der Waals surface area contributed by atoms with Crippen molar-refractivity contribution in [3.05, 3.63) is 0 Å². The molecule has 0 aromatic rings. The van der Waals surface area contributed by atoms with E-state index in [1.54, 1.807) is 0 Å². The van der Waals surface area contributed by atoms with Gasteiger partial charge in [0.25, 0.3) is 0 Å². The van der Waals surface area contributed by atoms with E-state index < -0.39 is 5.92 Å². The van der Waals surface area contributed by atoms with Crippen molar-refractivity contribution in [1.29, 1.82) is 0 Å². The van der Waals surface area contributed by atoms with Gasteiger partial charge in [-0.2, -0.15) is 0 Å². The Bertz CT molecular complexity index is 254. The second-order valence-electron chi connectivity index (χ2n) is 5.94. The lowest BCUT2D eigenvalue weighted by Crippen LogP contribution is -2.41. The summed E-state index contributed by atoms with van der Waals surface area (Å²) in [5.74, 6) is -1.63. The van der Waals surface area contributed by atoms with Crippen molar-refractivity contribution in [3.8, 4) is 0 Å². The second-order valence-corrected chi connectivity index (χ2v) is 6.32. The highest BCUT2D eigenvalue weighted by Gasteiger charge is 2.40. The lowest BCUT2D eigenvalue weighted by molar-refractivity contribution is 0.00236. The Morgan fingerprint density at radius 1 is 1.11 bits per heavy atom. The van der Waals surface area contributed by atoms with Gasteiger partial charge in [-0.25, -0.2) is 8.78 Å². The average Bonchev–Trinajstić information content (AvgIpc) is 2.69. The molecule has 106 valence electrons. The summed E-state index contributed by atoms with van der Waals surface area (Å²) < 4.78 is 26.5. The van der Waals surface area contributed by atoms with Crippen LogP contribution in [0.2, 0.25) is 0 Å². The van der Waals surface area contributed by atoms with Gasteiger partial charge in [-0.3, -0.25) is 4.90 Å². The maximum atomic E-state index is 13.2. The van der Waals surface area contributed by atoms with Gasteiger partial charge in [-0.15, -0.1) is 11.6 Å². The summed E-state index contributed by atoms with van der Waals surface area (Å²) in [4.78, 5) is 2.39. The fourth-order valence-electron chi connectivity index (χ4n) is 3.51. The summed E-state index contributed by atoms with van der Waals surface area (Å²) in [5.41, 5.74) is 0. The molecule has 1 nitrogen and oxygen atoms in total. The van der Waals surface area contributed by atoms with Gasteiger partial charge in [0.05, 0.1) is 0 Å². The Morgan fingerprint density at radius 2 is 1.83 bits per heavy atom. The highest BCUT2D eigenvalue weighted by Crippen LogP contribution is 2.39. The van der Waals surface area contributed by atoms with Crippen LogP contribution in [0.25, 0.3) is 0 Å². The molecule has 0 amide bonds. The molecule has 2 fully saturated rings. The monoisotopic (exact) mass is 279 g/mol. The first-order valence-corrected chi connectivity index (χ1v) is 7.82. The smallest absolute Gasteiger partial charge is 0.248 e. The fraction of sp³-hybridized carbons (Fsp3) is 1.00. The van der Waals surface area contributed by atoms with E-state index in [4.69, 9.17) is 11.6 Å². The minimum absolute atomic E-state index is 0.0804. The number of hydrogen-bond acceptors (Lipinski definition) is 1. The topological polar surface area (TPSA) is 3.24 Å². The molecule has 1 unspecified atom stereocenters. The average molecular weight is 280 g/mol. The number of rotatable bonds is 5. The largest absolute Gasteiger partial charge is 0.299 e. The molecule has 2 aliphatic rings. The van der Waals surface area contributed by atoms with Crippen LogP contribution in [0.4, 0.5) is 8.78 Å². The van der Waals surface area contributed by atoms with Crippen molar-refractivity contribution in [1.82, 2.24) is 4.90 Å². The molecule has 1 atom stereocenters. The van der Waals surface area contributed by atoms with Crippen molar-refractivity contribution in [2.75, 3.05) is 19.0 Å². The van der Waals surface area contributed by atoms with Gasteiger partial charge < -0.3 is 0 Å². The van der Waals surface area contributed by atoms with Crippen LogP contribution in [-0.4, -0.2) is 35.8 Å². The van der Waals surface area contributed by atoms with E-state index in [1.807, 2.05) is 0 Å². The minimum Gasteiger partial charge on any atom is -0.299 e. The zero-order valence-corrected chi connectivity index (χ0v) is 11.8. The normalized spacial score (nSPS) is 29.0. The van der Waals surface area contributed by atoms with Crippen molar-refractivity contribution in [2.24, 2.45) is 5.92 Å². The Morgan fingerprint density at radius 3 is 2.39 bits per heavy atom. The molecule has 0 bridgehead atoms. The number of halogens is 3. The number of hydrogen-bond donors (Lipinski definition) is 0. The standard InChI is InChI=1S/C14H24ClF2N/c15-8-9-18(13-4-2-1-3-5-13)11-12-6-7-14(16,17)10-12/h12-13H,1-11H2. The summed E-state index contributed by atoms with van der Waals surface area (Å²) in [6.07, 6.45) is 7.18. The zero-order chi connectivity index (χ0) is 13.0. The molecule has 0 aromatic carbocycles. The summed E-state index contributed by atoms with van der Waals surface area (Å²) >= 11 is 5.87. The van der Waals surface area contributed by atoms with Crippen LogP contribution in [0.3, 0.4) is 0 Å². The van der Waals surface area contributed by atoms with Gasteiger partial charge in [0.15, 0.2) is 0 Å². The summed E-state index contributed by atoms with van der Waals surface area (Å²) in [7, 11) is 0. The summed E-state index contributed by atoms with van der Waals surface area (Å²) in [6, 6.07) is 0.590. The predicted molar refractivity (Wildman–Crippen MR) is 71.5 cm³/mol. The van der Waals surface area contributed by atoms with E-state index >= 15 is 0 Å². The first-order chi connectivity index (χ1) is 8.61. The van der Waals surface area contributed by atoms with Gasteiger partial charge in [-0.1, -0.05) is 19.3 Å². The Hall–Kier alpha value is 0.110. The molecular weight excluding hydrogens is 256 g/mol. The third-order valence-electron chi connectivity index (χ3n) is 4.46. The summed E-state index contributed by atoms with van der Waals surface area (Å²) in [6.45, 7) is 1.68. The quantitative estimate of drug-likeness (QED) is 0.679. The first kappa shape index (κ1) is 14.5. The fourth-order valence-corrected chi connectivity index (χ4v) is 3.72. The number of nitrogens with zero attached hydrogens (tertiary/aromatic N) is 1. The highest BCUT2D eigenvalue weighted by atomic mass is 35.5. The van der Waals surface area contributed by atoms with E-state index in [0.717, 1.165) is 13.1 Å². The molecule has 2 rings (SSSR count). The SMILES string of the molecule is FC1(F)CCC(CN(CCCl)C2CCCCC2)C1. The van der Waals surface area contributed by atoms with Crippen LogP contribution in [0.1, 0.15) is 51.4 Å². The predicted octanol–water partition coefficient (Wildman–Crippen LogP) is 4.30. The van der Waals surface area contributed by atoms with E-state index in [9.17, 15) is 8.78 Å². The molecule has 0 radical (unpaired) electrons. The Labute approximate surface area is 114 Å². The van der Waals surface area contributed by atoms with Gasteiger partial charge in [0, 0.05) is 37.9 Å². The van der Waals surface area contributed by atoms with Crippen molar-refractivity contribution in [2.45, 2.75) is 63.3 Å². The third kappa shape index (κ3) is 4.06. The molecule has 18 heavy (non-hydrogen) atoms. The van der Waals surface area contributed by atoms with Crippen molar-refractivity contribution in [3.63, 3.8) is 0 Å². The van der Waals surface area contributed by atoms with Crippen LogP contribution in [0.15, 0.2) is 0 Å². The third-order valence-corrected chi connectivity index (χ3v) is 4.63. The molecule has 0 spiro atoms. The lowest BCUT2D eigenvalue weighted by atomic mass is 9.93. The van der Waals surface area contributed by atoms with Crippen LogP contribution in [0, 0.1) is 5.92 Å². The first-order valence-electron chi connectivity index (χ1n) is 7.28. The van der Waals surface area contributed by atoms with E-state index in [-0.39, 0.29) is 18.8 Å². The second kappa shape index (κ2) is 6.51. The van der Waals surface area contributed by atoms with Crippen LogP contribution < -0.4 is 0 Å². The van der Waals surface area contributed by atoms with E-state index in [2.05, 4.69) is 4.90 Å². The van der Waals surface area contributed by atoms with Gasteiger partial charge in [0.1, 0.15) is 0 Å². The van der Waals surface area contributed by atoms with Gasteiger partial charge >= 0.3 is 0 Å². The Balaban J connectivity index is 1.85. The molecule has 0 saturated heterocycles. The molecule has 2 aliphatic carbocycles. The van der Waals surface area contributed by atoms with Gasteiger partial charge in [0.2, 0.25) is 5.92 Å². The van der Waals surface area contributed by atoms with Crippen LogP contribution in [0.5, 0.6) is 0 Å². The number of alkyl halides is 3. The van der Waals surface area contributed by atoms with Crippen LogP contribution in [-0.2, 0) is 0 Å². The lowest BCUT2D eigenvalue weighted by Gasteiger charge is -2.35. The van der Waals surface area contributed by atoms with Crippen molar-refractivity contribution >= 4 is 11.6 Å². The van der Waals surface area contributed by atoms with Crippen molar-refractivity contribution < 1.29 is 8.78 Å². The minimum atomic E-state index is -2.41. The molecular formula is C14H24ClF2N. The molecule has 0 aliphatic heterocycles. The zero-order valence-electron chi connectivity index (χ0n) is 11.0. The Kier molecular flexibility index (Phi) is 5.25. The molecule has 0 aromatic heterocycles. The molecule has 4 heteroatoms. The molecule has 0 heterocycles. The highest BCUT2D eigenvalue weighted by molar-refractivity contribution is 6.18. The van der Waals surface area contributed by atoms with E-state index in [0.29, 0.717) is 18.3 Å².